The number of ether oxygens (including phenoxy) is 1. The average Bonchev–Trinajstić information content (AvgIpc) is 3.15. The van der Waals surface area contributed by atoms with Gasteiger partial charge in [0.15, 0.2) is 11.7 Å². The number of esters is 1. The van der Waals surface area contributed by atoms with Gasteiger partial charge in [-0.3, -0.25) is 0 Å². The van der Waals surface area contributed by atoms with E-state index in [4.69, 9.17) is 4.74 Å². The number of carbonyl (C=O) groups is 1. The van der Waals surface area contributed by atoms with Crippen molar-refractivity contribution in [1.29, 1.82) is 0 Å². The molecule has 4 nitrogen and oxygen atoms in total. The van der Waals surface area contributed by atoms with Crippen LogP contribution in [0.1, 0.15) is 66.2 Å². The van der Waals surface area contributed by atoms with Crippen LogP contribution in [0.15, 0.2) is 42.0 Å². The molecule has 0 amide bonds. The van der Waals surface area contributed by atoms with Crippen molar-refractivity contribution in [2.24, 2.45) is 0 Å². The molecule has 1 atom stereocenters. The zero-order chi connectivity index (χ0) is 20.0. The van der Waals surface area contributed by atoms with Crippen LogP contribution in [-0.2, 0) is 11.3 Å². The lowest BCUT2D eigenvalue weighted by atomic mass is 10.0. The molecule has 0 spiro atoms. The van der Waals surface area contributed by atoms with E-state index in [-0.39, 0.29) is 12.6 Å². The molecule has 144 valence electrons. The molecule has 4 heteroatoms. The molecule has 0 bridgehead atoms. The Morgan fingerprint density at radius 3 is 2.57 bits per heavy atom. The molecule has 4 rings (SSSR count). The van der Waals surface area contributed by atoms with Crippen LogP contribution in [0.3, 0.4) is 0 Å². The molecule has 1 aliphatic heterocycles. The summed E-state index contributed by atoms with van der Waals surface area (Å²) in [6, 6.07) is 12.3. The number of carbonyl (C=O) groups excluding carboxylic acids is 1. The van der Waals surface area contributed by atoms with Gasteiger partial charge in [0, 0.05) is 31.1 Å². The number of pyridine rings is 1. The van der Waals surface area contributed by atoms with Crippen LogP contribution in [0.4, 0.5) is 0 Å². The van der Waals surface area contributed by atoms with E-state index in [0.717, 1.165) is 28.5 Å². The molecule has 2 aromatic heterocycles. The number of allylic oxidation sites excluding steroid dienone is 2. The number of hydrogen-bond donors (Lipinski definition) is 1. The van der Waals surface area contributed by atoms with Crippen LogP contribution in [0.5, 0.6) is 0 Å². The zero-order valence-corrected chi connectivity index (χ0v) is 17.2. The Hall–Kier alpha value is -2.88. The van der Waals surface area contributed by atoms with Crippen molar-refractivity contribution >= 4 is 22.4 Å². The number of aromatic amines is 1. The SMILES string of the molecule is CCC1=C(C)c2cc3[nH]c(C(=O)OCc4ccccc4)c(C)c3c(C)[n+]2[C@H]1C. The van der Waals surface area contributed by atoms with E-state index in [1.54, 1.807) is 0 Å². The van der Waals surface area contributed by atoms with Gasteiger partial charge in [0.05, 0.1) is 10.9 Å². The highest BCUT2D eigenvalue weighted by atomic mass is 16.5. The lowest BCUT2D eigenvalue weighted by Crippen LogP contribution is -2.41. The first kappa shape index (κ1) is 18.5. The smallest absolute Gasteiger partial charge is 0.355 e. The van der Waals surface area contributed by atoms with E-state index in [2.05, 4.69) is 43.3 Å². The van der Waals surface area contributed by atoms with Gasteiger partial charge >= 0.3 is 5.97 Å². The van der Waals surface area contributed by atoms with Gasteiger partial charge in [0.1, 0.15) is 12.3 Å². The first-order chi connectivity index (χ1) is 13.4. The lowest BCUT2D eigenvalue weighted by Gasteiger charge is -2.08. The summed E-state index contributed by atoms with van der Waals surface area (Å²) in [4.78, 5) is 16.1. The summed E-state index contributed by atoms with van der Waals surface area (Å²) in [5.74, 6) is -0.309. The Balaban J connectivity index is 1.73. The highest BCUT2D eigenvalue weighted by molar-refractivity contribution is 5.99. The first-order valence-corrected chi connectivity index (χ1v) is 9.92. The van der Waals surface area contributed by atoms with E-state index >= 15 is 0 Å². The Morgan fingerprint density at radius 1 is 1.18 bits per heavy atom. The third-order valence-corrected chi connectivity index (χ3v) is 6.10. The maximum Gasteiger partial charge on any atom is 0.355 e. The van der Waals surface area contributed by atoms with Crippen molar-refractivity contribution in [3.8, 4) is 0 Å². The molecular weight excluding hydrogens is 348 g/mol. The number of hydrogen-bond acceptors (Lipinski definition) is 2. The fraction of sp³-hybridized carbons (Fsp3) is 0.333. The van der Waals surface area contributed by atoms with E-state index in [1.807, 2.05) is 37.3 Å². The van der Waals surface area contributed by atoms with Gasteiger partial charge in [-0.05, 0) is 31.4 Å². The number of benzene rings is 1. The summed E-state index contributed by atoms with van der Waals surface area (Å²) in [5, 5.41) is 1.12. The van der Waals surface area contributed by atoms with E-state index in [9.17, 15) is 4.79 Å². The third kappa shape index (κ3) is 2.75. The first-order valence-electron chi connectivity index (χ1n) is 9.92. The zero-order valence-electron chi connectivity index (χ0n) is 17.2. The van der Waals surface area contributed by atoms with Crippen molar-refractivity contribution < 1.29 is 14.1 Å². The molecule has 1 N–H and O–H groups in total. The number of aryl methyl sites for hydroxylation is 2. The fourth-order valence-electron chi connectivity index (χ4n) is 4.68. The molecule has 28 heavy (non-hydrogen) atoms. The Morgan fingerprint density at radius 2 is 1.89 bits per heavy atom. The van der Waals surface area contributed by atoms with Crippen molar-refractivity contribution in [3.05, 3.63) is 70.2 Å². The molecule has 0 fully saturated rings. The Kier molecular flexibility index (Phi) is 4.58. The second-order valence-corrected chi connectivity index (χ2v) is 7.64. The van der Waals surface area contributed by atoms with Gasteiger partial charge in [-0.1, -0.05) is 37.3 Å². The minimum Gasteiger partial charge on any atom is -0.456 e. The molecule has 0 saturated carbocycles. The van der Waals surface area contributed by atoms with Crippen molar-refractivity contribution in [2.75, 3.05) is 0 Å². The Bertz CT molecular complexity index is 1110. The van der Waals surface area contributed by atoms with Crippen LogP contribution >= 0.6 is 0 Å². The molecule has 1 aliphatic rings. The second kappa shape index (κ2) is 6.93. The predicted octanol–water partition coefficient (Wildman–Crippen LogP) is 5.19. The van der Waals surface area contributed by atoms with Crippen LogP contribution in [0.25, 0.3) is 16.5 Å². The molecule has 0 radical (unpaired) electrons. The molecule has 1 aromatic carbocycles. The summed E-state index contributed by atoms with van der Waals surface area (Å²) in [5.41, 5.74) is 8.74. The summed E-state index contributed by atoms with van der Waals surface area (Å²) in [6.45, 7) is 11.1. The van der Waals surface area contributed by atoms with Crippen molar-refractivity contribution in [2.45, 2.75) is 53.7 Å². The molecule has 3 heterocycles. The highest BCUT2D eigenvalue weighted by Crippen LogP contribution is 2.35. The standard InChI is InChI=1S/C24H26N2O2/c1-6-19-14(2)21-12-20-22(17(5)26(21)16(19)4)15(3)23(25-20)24(27)28-13-18-10-8-7-9-11-18/h7-12,16H,6,13H2,1-5H3/p+1/t16-/m0/s1. The molecular formula is C24H27N2O2+. The maximum absolute atomic E-state index is 12.7. The van der Waals surface area contributed by atoms with Gasteiger partial charge in [0.25, 0.3) is 0 Å². The average molecular weight is 375 g/mol. The van der Waals surface area contributed by atoms with Gasteiger partial charge in [0.2, 0.25) is 5.69 Å². The van der Waals surface area contributed by atoms with Gasteiger partial charge in [-0.15, -0.1) is 0 Å². The fourth-order valence-corrected chi connectivity index (χ4v) is 4.68. The van der Waals surface area contributed by atoms with Crippen LogP contribution < -0.4 is 4.57 Å². The number of nitrogens with one attached hydrogen (secondary N) is 1. The molecule has 0 saturated heterocycles. The minimum absolute atomic E-state index is 0.275. The predicted molar refractivity (Wildman–Crippen MR) is 111 cm³/mol. The summed E-state index contributed by atoms with van der Waals surface area (Å²) in [7, 11) is 0. The Labute approximate surface area is 165 Å². The van der Waals surface area contributed by atoms with Gasteiger partial charge in [-0.25, -0.2) is 4.79 Å². The highest BCUT2D eigenvalue weighted by Gasteiger charge is 2.36. The molecule has 0 aliphatic carbocycles. The van der Waals surface area contributed by atoms with Crippen LogP contribution in [0, 0.1) is 13.8 Å². The minimum atomic E-state index is -0.309. The number of H-pyrrole nitrogens is 1. The van der Waals surface area contributed by atoms with Gasteiger partial charge < -0.3 is 9.72 Å². The number of nitrogens with zero attached hydrogens (tertiary/aromatic N) is 1. The van der Waals surface area contributed by atoms with Crippen molar-refractivity contribution in [1.82, 2.24) is 4.98 Å². The van der Waals surface area contributed by atoms with E-state index < -0.39 is 0 Å². The molecule has 0 unspecified atom stereocenters. The summed E-state index contributed by atoms with van der Waals surface area (Å²) < 4.78 is 7.95. The number of aromatic nitrogens is 2. The van der Waals surface area contributed by atoms with E-state index in [0.29, 0.717) is 11.7 Å². The van der Waals surface area contributed by atoms with Gasteiger partial charge in [-0.2, -0.15) is 4.57 Å². The normalized spacial score (nSPS) is 16.0. The molecule has 3 aromatic rings. The van der Waals surface area contributed by atoms with Crippen LogP contribution in [-0.4, -0.2) is 11.0 Å². The quantitative estimate of drug-likeness (QED) is 0.504. The van der Waals surface area contributed by atoms with Crippen molar-refractivity contribution in [3.63, 3.8) is 0 Å². The summed E-state index contributed by atoms with van der Waals surface area (Å²) in [6.07, 6.45) is 1.05. The number of fused-ring (bicyclic) bond motifs is 2. The summed E-state index contributed by atoms with van der Waals surface area (Å²) >= 11 is 0. The largest absolute Gasteiger partial charge is 0.456 e. The number of rotatable bonds is 4. The lowest BCUT2D eigenvalue weighted by molar-refractivity contribution is -0.712. The topological polar surface area (TPSA) is 46.0 Å². The third-order valence-electron chi connectivity index (χ3n) is 6.10. The second-order valence-electron chi connectivity index (χ2n) is 7.64. The monoisotopic (exact) mass is 375 g/mol. The van der Waals surface area contributed by atoms with E-state index in [1.165, 1.54) is 22.5 Å². The van der Waals surface area contributed by atoms with Crippen LogP contribution in [0.2, 0.25) is 0 Å². The maximum atomic E-state index is 12.7.